The highest BCUT2D eigenvalue weighted by molar-refractivity contribution is 6.33. The summed E-state index contributed by atoms with van der Waals surface area (Å²) in [5, 5.41) is 8.19. The SMILES string of the molecule is COc1cc(-c2cc(-c3ncc(-c4ccccc4Cl)n3C)[nH]n2)cc(OC)c1OC. The van der Waals surface area contributed by atoms with E-state index in [1.54, 1.807) is 27.5 Å². The van der Waals surface area contributed by atoms with Gasteiger partial charge >= 0.3 is 0 Å². The van der Waals surface area contributed by atoms with Crippen LogP contribution in [0.5, 0.6) is 17.2 Å². The molecule has 0 saturated heterocycles. The van der Waals surface area contributed by atoms with Crippen LogP contribution in [0.2, 0.25) is 5.02 Å². The van der Waals surface area contributed by atoms with Gasteiger partial charge in [0.05, 0.1) is 38.9 Å². The van der Waals surface area contributed by atoms with Crippen molar-refractivity contribution >= 4 is 11.6 Å². The first-order valence-corrected chi connectivity index (χ1v) is 9.58. The quantitative estimate of drug-likeness (QED) is 0.480. The molecule has 4 aromatic rings. The number of nitrogens with zero attached hydrogens (tertiary/aromatic N) is 3. The molecule has 0 atom stereocenters. The van der Waals surface area contributed by atoms with E-state index in [4.69, 9.17) is 25.8 Å². The third kappa shape index (κ3) is 3.37. The Kier molecular flexibility index (Phi) is 5.37. The number of hydrogen-bond donors (Lipinski definition) is 1. The Bertz CT molecular complexity index is 1170. The topological polar surface area (TPSA) is 74.2 Å². The molecule has 8 heteroatoms. The van der Waals surface area contributed by atoms with Crippen LogP contribution in [-0.2, 0) is 7.05 Å². The molecule has 1 N–H and O–H groups in total. The lowest BCUT2D eigenvalue weighted by Crippen LogP contribution is -1.96. The van der Waals surface area contributed by atoms with Gasteiger partial charge in [0.25, 0.3) is 0 Å². The van der Waals surface area contributed by atoms with Crippen LogP contribution in [0, 0.1) is 0 Å². The van der Waals surface area contributed by atoms with Gasteiger partial charge in [-0.15, -0.1) is 0 Å². The molecule has 2 aromatic carbocycles. The molecule has 0 bridgehead atoms. The third-order valence-electron chi connectivity index (χ3n) is 4.92. The van der Waals surface area contributed by atoms with Crippen LogP contribution in [0.4, 0.5) is 0 Å². The number of ether oxygens (including phenoxy) is 3. The van der Waals surface area contributed by atoms with Crippen LogP contribution in [0.15, 0.2) is 48.7 Å². The van der Waals surface area contributed by atoms with Gasteiger partial charge in [0.2, 0.25) is 5.75 Å². The summed E-state index contributed by atoms with van der Waals surface area (Å²) in [4.78, 5) is 4.57. The number of aromatic nitrogens is 4. The fourth-order valence-electron chi connectivity index (χ4n) is 3.39. The van der Waals surface area contributed by atoms with E-state index < -0.39 is 0 Å². The molecular formula is C22H21ClN4O3. The molecule has 4 rings (SSSR count). The van der Waals surface area contributed by atoms with Crippen molar-refractivity contribution in [1.82, 2.24) is 19.7 Å². The van der Waals surface area contributed by atoms with Crippen LogP contribution in [0.25, 0.3) is 34.0 Å². The Labute approximate surface area is 179 Å². The lowest BCUT2D eigenvalue weighted by atomic mass is 10.1. The van der Waals surface area contributed by atoms with Crippen LogP contribution >= 0.6 is 11.6 Å². The van der Waals surface area contributed by atoms with Gasteiger partial charge in [-0.05, 0) is 24.3 Å². The maximum atomic E-state index is 6.36. The largest absolute Gasteiger partial charge is 0.493 e. The number of hydrogen-bond acceptors (Lipinski definition) is 5. The van der Waals surface area contributed by atoms with Crippen molar-refractivity contribution < 1.29 is 14.2 Å². The van der Waals surface area contributed by atoms with E-state index in [0.29, 0.717) is 22.3 Å². The number of rotatable bonds is 6. The van der Waals surface area contributed by atoms with Gasteiger partial charge in [0.1, 0.15) is 5.69 Å². The molecule has 0 amide bonds. The Morgan fingerprint density at radius 1 is 0.967 bits per heavy atom. The average Bonchev–Trinajstić information content (AvgIpc) is 3.40. The molecule has 7 nitrogen and oxygen atoms in total. The van der Waals surface area contributed by atoms with Gasteiger partial charge < -0.3 is 18.8 Å². The first-order chi connectivity index (χ1) is 14.6. The second-order valence-electron chi connectivity index (χ2n) is 6.59. The summed E-state index contributed by atoms with van der Waals surface area (Å²) in [6.07, 6.45) is 1.80. The lowest BCUT2D eigenvalue weighted by Gasteiger charge is -2.13. The molecule has 0 unspecified atom stereocenters. The fourth-order valence-corrected chi connectivity index (χ4v) is 3.62. The highest BCUT2D eigenvalue weighted by Gasteiger charge is 2.18. The van der Waals surface area contributed by atoms with Crippen molar-refractivity contribution in [3.05, 3.63) is 53.7 Å². The molecule has 2 heterocycles. The standard InChI is InChI=1S/C22H21ClN4O3/c1-27-18(14-7-5-6-8-15(14)23)12-24-22(27)17-11-16(25-26-17)13-9-19(28-2)21(30-4)20(10-13)29-3/h5-12H,1-4H3,(H,25,26). The van der Waals surface area contributed by atoms with E-state index in [1.807, 2.05) is 54.1 Å². The van der Waals surface area contributed by atoms with Crippen LogP contribution < -0.4 is 14.2 Å². The molecular weight excluding hydrogens is 404 g/mol. The summed E-state index contributed by atoms with van der Waals surface area (Å²) in [5.74, 6) is 2.41. The van der Waals surface area contributed by atoms with Gasteiger partial charge in [0.15, 0.2) is 17.3 Å². The molecule has 30 heavy (non-hydrogen) atoms. The highest BCUT2D eigenvalue weighted by atomic mass is 35.5. The number of benzene rings is 2. The van der Waals surface area contributed by atoms with E-state index >= 15 is 0 Å². The van der Waals surface area contributed by atoms with Gasteiger partial charge in [0, 0.05) is 23.2 Å². The fraction of sp³-hybridized carbons (Fsp3) is 0.182. The minimum Gasteiger partial charge on any atom is -0.493 e. The summed E-state index contributed by atoms with van der Waals surface area (Å²) in [7, 11) is 6.69. The molecule has 0 radical (unpaired) electrons. The van der Waals surface area contributed by atoms with E-state index in [9.17, 15) is 0 Å². The van der Waals surface area contributed by atoms with Gasteiger partial charge in [-0.3, -0.25) is 5.10 Å². The molecule has 0 spiro atoms. The molecule has 0 fully saturated rings. The van der Waals surface area contributed by atoms with Crippen molar-refractivity contribution in [2.75, 3.05) is 21.3 Å². The van der Waals surface area contributed by atoms with Gasteiger partial charge in [-0.25, -0.2) is 4.98 Å². The first kappa shape index (κ1) is 19.8. The zero-order valence-corrected chi connectivity index (χ0v) is 17.8. The minimum absolute atomic E-state index is 0.535. The van der Waals surface area contributed by atoms with Crippen LogP contribution in [0.1, 0.15) is 0 Å². The van der Waals surface area contributed by atoms with Crippen molar-refractivity contribution in [3.63, 3.8) is 0 Å². The highest BCUT2D eigenvalue weighted by Crippen LogP contribution is 2.41. The van der Waals surface area contributed by atoms with Gasteiger partial charge in [-0.2, -0.15) is 5.10 Å². The summed E-state index contributed by atoms with van der Waals surface area (Å²) < 4.78 is 18.3. The molecule has 0 aliphatic carbocycles. The van der Waals surface area contributed by atoms with Crippen LogP contribution in [0.3, 0.4) is 0 Å². The Balaban J connectivity index is 1.74. The molecule has 0 aliphatic rings. The van der Waals surface area contributed by atoms with E-state index in [2.05, 4.69) is 15.2 Å². The van der Waals surface area contributed by atoms with E-state index in [0.717, 1.165) is 34.0 Å². The summed E-state index contributed by atoms with van der Waals surface area (Å²) >= 11 is 6.36. The second kappa shape index (κ2) is 8.12. The molecule has 0 aliphatic heterocycles. The normalized spacial score (nSPS) is 10.8. The predicted octanol–water partition coefficient (Wildman–Crippen LogP) is 4.82. The molecule has 154 valence electrons. The van der Waals surface area contributed by atoms with Crippen molar-refractivity contribution in [3.8, 4) is 51.3 Å². The lowest BCUT2D eigenvalue weighted by molar-refractivity contribution is 0.324. The van der Waals surface area contributed by atoms with E-state index in [1.165, 1.54) is 0 Å². The third-order valence-corrected chi connectivity index (χ3v) is 5.25. The number of nitrogens with one attached hydrogen (secondary N) is 1. The maximum Gasteiger partial charge on any atom is 0.203 e. The smallest absolute Gasteiger partial charge is 0.203 e. The van der Waals surface area contributed by atoms with Crippen LogP contribution in [-0.4, -0.2) is 41.1 Å². The van der Waals surface area contributed by atoms with Crippen molar-refractivity contribution in [2.45, 2.75) is 0 Å². The average molecular weight is 425 g/mol. The second-order valence-corrected chi connectivity index (χ2v) is 6.99. The maximum absolute atomic E-state index is 6.36. The number of H-pyrrole nitrogens is 1. The molecule has 0 saturated carbocycles. The summed E-state index contributed by atoms with van der Waals surface area (Å²) in [6, 6.07) is 13.3. The van der Waals surface area contributed by atoms with Crippen molar-refractivity contribution in [1.29, 1.82) is 0 Å². The van der Waals surface area contributed by atoms with E-state index in [-0.39, 0.29) is 0 Å². The Morgan fingerprint density at radius 3 is 2.30 bits per heavy atom. The number of aromatic amines is 1. The van der Waals surface area contributed by atoms with Crippen molar-refractivity contribution in [2.24, 2.45) is 7.05 Å². The summed E-state index contributed by atoms with van der Waals surface area (Å²) in [5.41, 5.74) is 4.17. The first-order valence-electron chi connectivity index (χ1n) is 9.20. The number of imidazole rings is 1. The minimum atomic E-state index is 0.535. The number of halogens is 1. The van der Waals surface area contributed by atoms with Gasteiger partial charge in [-0.1, -0.05) is 29.8 Å². The Morgan fingerprint density at radius 2 is 1.67 bits per heavy atom. The molecule has 2 aromatic heterocycles. The zero-order valence-electron chi connectivity index (χ0n) is 17.1. The summed E-state index contributed by atoms with van der Waals surface area (Å²) in [6.45, 7) is 0. The number of methoxy groups -OCH3 is 3. The zero-order chi connectivity index (χ0) is 21.3. The Hall–Kier alpha value is -3.45. The monoisotopic (exact) mass is 424 g/mol. The predicted molar refractivity (Wildman–Crippen MR) is 116 cm³/mol.